The fraction of sp³-hybridized carbons (Fsp3) is 0.231. The first-order valence-electron chi connectivity index (χ1n) is 10.0. The van der Waals surface area contributed by atoms with Crippen LogP contribution in [0.25, 0.3) is 0 Å². The molecule has 0 aliphatic carbocycles. The summed E-state index contributed by atoms with van der Waals surface area (Å²) >= 11 is 0. The van der Waals surface area contributed by atoms with Crippen LogP contribution in [-0.2, 0) is 22.7 Å². The molecule has 156 valence electrons. The molecule has 0 heterocycles. The van der Waals surface area contributed by atoms with Crippen molar-refractivity contribution in [3.63, 3.8) is 0 Å². The second-order valence-electron chi connectivity index (χ2n) is 7.11. The molecule has 0 spiro atoms. The Morgan fingerprint density at radius 3 is 1.67 bits per heavy atom. The van der Waals surface area contributed by atoms with E-state index in [9.17, 15) is 10.2 Å². The number of aliphatic hydroxyl groups excluding tert-OH is 2. The zero-order valence-corrected chi connectivity index (χ0v) is 16.9. The number of ether oxygens (including phenoxy) is 2. The van der Waals surface area contributed by atoms with E-state index in [0.717, 1.165) is 16.7 Å². The molecule has 0 fully saturated rings. The van der Waals surface area contributed by atoms with Crippen LogP contribution >= 0.6 is 0 Å². The maximum Gasteiger partial charge on any atom is 0.116 e. The number of benzene rings is 3. The van der Waals surface area contributed by atoms with E-state index in [1.807, 2.05) is 91.0 Å². The second kappa shape index (κ2) is 11.4. The van der Waals surface area contributed by atoms with Gasteiger partial charge in [-0.1, -0.05) is 97.1 Å². The molecule has 3 aromatic carbocycles. The molecule has 0 aromatic heterocycles. The molecular weight excluding hydrogens is 376 g/mol. The Labute approximate surface area is 178 Å². The van der Waals surface area contributed by atoms with E-state index < -0.39 is 24.4 Å². The van der Waals surface area contributed by atoms with Crippen molar-refractivity contribution in [2.75, 3.05) is 0 Å². The van der Waals surface area contributed by atoms with Gasteiger partial charge in [0.25, 0.3) is 0 Å². The van der Waals surface area contributed by atoms with Crippen molar-refractivity contribution in [1.29, 1.82) is 0 Å². The molecule has 4 heteroatoms. The molecule has 0 bridgehead atoms. The lowest BCUT2D eigenvalue weighted by Gasteiger charge is -2.32. The lowest BCUT2D eigenvalue weighted by molar-refractivity contribution is -0.147. The third-order valence-corrected chi connectivity index (χ3v) is 4.91. The largest absolute Gasteiger partial charge is 0.387 e. The van der Waals surface area contributed by atoms with Crippen molar-refractivity contribution >= 4 is 0 Å². The van der Waals surface area contributed by atoms with Crippen LogP contribution in [-0.4, -0.2) is 28.5 Å². The highest BCUT2D eigenvalue weighted by Gasteiger charge is 2.34. The van der Waals surface area contributed by atoms with Crippen molar-refractivity contribution in [3.8, 4) is 0 Å². The molecule has 4 atom stereocenters. The molecule has 0 radical (unpaired) electrons. The number of aliphatic hydroxyl groups is 2. The summed E-state index contributed by atoms with van der Waals surface area (Å²) < 4.78 is 12.1. The SMILES string of the molecule is C=C[C@H](O)[C@@H](OCc1ccccc1)[C@H](O)[C@H](OCc1ccccc1)c1ccccc1. The minimum Gasteiger partial charge on any atom is -0.387 e. The van der Waals surface area contributed by atoms with Crippen LogP contribution in [0.2, 0.25) is 0 Å². The standard InChI is InChI=1S/C26H28O4/c1-2-23(27)26(30-19-21-14-8-4-9-15-21)24(28)25(22-16-10-5-11-17-22)29-18-20-12-6-3-7-13-20/h2-17,23-28H,1,18-19H2/t23-,24+,25+,26+/m0/s1. The van der Waals surface area contributed by atoms with E-state index in [1.165, 1.54) is 6.08 Å². The zero-order valence-electron chi connectivity index (χ0n) is 16.9. The van der Waals surface area contributed by atoms with Gasteiger partial charge in [-0.15, -0.1) is 6.58 Å². The summed E-state index contributed by atoms with van der Waals surface area (Å²) in [6.07, 6.45) is -2.36. The lowest BCUT2D eigenvalue weighted by atomic mass is 9.96. The highest BCUT2D eigenvalue weighted by Crippen LogP contribution is 2.28. The molecule has 30 heavy (non-hydrogen) atoms. The number of hydrogen-bond acceptors (Lipinski definition) is 4. The first-order chi connectivity index (χ1) is 14.7. The summed E-state index contributed by atoms with van der Waals surface area (Å²) in [5.41, 5.74) is 2.76. The average Bonchev–Trinajstić information content (AvgIpc) is 2.81. The van der Waals surface area contributed by atoms with Crippen LogP contribution in [0.4, 0.5) is 0 Å². The summed E-state index contributed by atoms with van der Waals surface area (Å²) in [6.45, 7) is 4.25. The zero-order chi connectivity index (χ0) is 21.2. The van der Waals surface area contributed by atoms with Crippen LogP contribution < -0.4 is 0 Å². The molecule has 0 aliphatic heterocycles. The van der Waals surface area contributed by atoms with E-state index >= 15 is 0 Å². The van der Waals surface area contributed by atoms with Crippen molar-refractivity contribution in [2.45, 2.75) is 37.6 Å². The lowest BCUT2D eigenvalue weighted by Crippen LogP contribution is -2.43. The van der Waals surface area contributed by atoms with Gasteiger partial charge in [0.15, 0.2) is 0 Å². The van der Waals surface area contributed by atoms with Gasteiger partial charge in [-0.05, 0) is 16.7 Å². The smallest absolute Gasteiger partial charge is 0.116 e. The summed E-state index contributed by atoms with van der Waals surface area (Å²) in [4.78, 5) is 0. The van der Waals surface area contributed by atoms with Crippen molar-refractivity contribution in [2.24, 2.45) is 0 Å². The van der Waals surface area contributed by atoms with Gasteiger partial charge in [0.05, 0.1) is 13.2 Å². The van der Waals surface area contributed by atoms with E-state index in [-0.39, 0.29) is 6.61 Å². The molecule has 3 rings (SSSR count). The molecule has 0 aliphatic rings. The first kappa shape index (κ1) is 21.9. The Morgan fingerprint density at radius 2 is 1.17 bits per heavy atom. The third kappa shape index (κ3) is 6.12. The van der Waals surface area contributed by atoms with Crippen molar-refractivity contribution in [3.05, 3.63) is 120 Å². The summed E-state index contributed by atoms with van der Waals surface area (Å²) in [5.74, 6) is 0. The fourth-order valence-electron chi connectivity index (χ4n) is 3.27. The van der Waals surface area contributed by atoms with Crippen LogP contribution in [0.5, 0.6) is 0 Å². The summed E-state index contributed by atoms with van der Waals surface area (Å²) in [5, 5.41) is 21.7. The molecule has 0 unspecified atom stereocenters. The van der Waals surface area contributed by atoms with Gasteiger partial charge in [-0.3, -0.25) is 0 Å². The van der Waals surface area contributed by atoms with Gasteiger partial charge in [0, 0.05) is 0 Å². The van der Waals surface area contributed by atoms with Gasteiger partial charge in [-0.2, -0.15) is 0 Å². The van der Waals surface area contributed by atoms with E-state index in [0.29, 0.717) is 6.61 Å². The molecular formula is C26H28O4. The third-order valence-electron chi connectivity index (χ3n) is 4.91. The average molecular weight is 405 g/mol. The van der Waals surface area contributed by atoms with Crippen LogP contribution in [0.3, 0.4) is 0 Å². The Hall–Kier alpha value is -2.76. The van der Waals surface area contributed by atoms with Gasteiger partial charge in [0.2, 0.25) is 0 Å². The molecule has 0 amide bonds. The Morgan fingerprint density at radius 1 is 0.700 bits per heavy atom. The Balaban J connectivity index is 1.79. The van der Waals surface area contributed by atoms with Gasteiger partial charge in [-0.25, -0.2) is 0 Å². The number of hydrogen-bond donors (Lipinski definition) is 2. The Kier molecular flexibility index (Phi) is 8.36. The minimum absolute atomic E-state index is 0.258. The van der Waals surface area contributed by atoms with Gasteiger partial charge < -0.3 is 19.7 Å². The Bertz CT molecular complexity index is 867. The fourth-order valence-corrected chi connectivity index (χ4v) is 3.27. The molecule has 0 saturated heterocycles. The maximum absolute atomic E-state index is 11.2. The van der Waals surface area contributed by atoms with Crippen LogP contribution in [0, 0.1) is 0 Å². The van der Waals surface area contributed by atoms with E-state index in [2.05, 4.69) is 6.58 Å². The molecule has 2 N–H and O–H groups in total. The quantitative estimate of drug-likeness (QED) is 0.464. The maximum atomic E-state index is 11.2. The highest BCUT2D eigenvalue weighted by molar-refractivity contribution is 5.20. The van der Waals surface area contributed by atoms with Crippen LogP contribution in [0.15, 0.2) is 104 Å². The van der Waals surface area contributed by atoms with Gasteiger partial charge in [0.1, 0.15) is 24.4 Å². The van der Waals surface area contributed by atoms with Crippen molar-refractivity contribution < 1.29 is 19.7 Å². The highest BCUT2D eigenvalue weighted by atomic mass is 16.5. The van der Waals surface area contributed by atoms with Gasteiger partial charge >= 0.3 is 0 Å². The van der Waals surface area contributed by atoms with Crippen molar-refractivity contribution in [1.82, 2.24) is 0 Å². The molecule has 3 aromatic rings. The topological polar surface area (TPSA) is 58.9 Å². The summed E-state index contributed by atoms with van der Waals surface area (Å²) in [6, 6.07) is 28.9. The van der Waals surface area contributed by atoms with Crippen LogP contribution in [0.1, 0.15) is 22.8 Å². The number of rotatable bonds is 11. The molecule has 4 nitrogen and oxygen atoms in total. The second-order valence-corrected chi connectivity index (χ2v) is 7.11. The normalized spacial score (nSPS) is 15.1. The predicted molar refractivity (Wildman–Crippen MR) is 118 cm³/mol. The predicted octanol–water partition coefficient (Wildman–Crippen LogP) is 4.44. The minimum atomic E-state index is -1.10. The monoisotopic (exact) mass is 404 g/mol. The summed E-state index contributed by atoms with van der Waals surface area (Å²) in [7, 11) is 0. The molecule has 0 saturated carbocycles. The first-order valence-corrected chi connectivity index (χ1v) is 10.0. The van der Waals surface area contributed by atoms with E-state index in [4.69, 9.17) is 9.47 Å². The van der Waals surface area contributed by atoms with E-state index in [1.54, 1.807) is 0 Å².